The summed E-state index contributed by atoms with van der Waals surface area (Å²) in [7, 11) is 0. The van der Waals surface area contributed by atoms with Gasteiger partial charge in [-0.05, 0) is 17.3 Å². The molecule has 0 heterocycles. The lowest BCUT2D eigenvalue weighted by atomic mass is 9.81. The lowest BCUT2D eigenvalue weighted by Crippen LogP contribution is -2.14. The first kappa shape index (κ1) is 11.7. The van der Waals surface area contributed by atoms with Crippen molar-refractivity contribution in [1.29, 1.82) is 0 Å². The molecule has 0 saturated carbocycles. The van der Waals surface area contributed by atoms with E-state index in [4.69, 9.17) is 0 Å². The van der Waals surface area contributed by atoms with Crippen LogP contribution in [0.1, 0.15) is 48.0 Å². The minimum Gasteiger partial charge on any atom is -0.0854 e. The predicted octanol–water partition coefficient (Wildman–Crippen LogP) is 4.27. The lowest BCUT2D eigenvalue weighted by Gasteiger charge is -2.24. The largest absolute Gasteiger partial charge is 0.0854 e. The quantitative estimate of drug-likeness (QED) is 0.552. The van der Waals surface area contributed by atoms with Crippen LogP contribution in [-0.2, 0) is 0 Å². The molecule has 0 heteroatoms. The van der Waals surface area contributed by atoms with E-state index < -0.39 is 0 Å². The highest BCUT2D eigenvalue weighted by atomic mass is 14.2. The first-order chi connectivity index (χ1) is 5.38. The van der Waals surface area contributed by atoms with Gasteiger partial charge in [-0.2, -0.15) is 0 Å². The molecular formula is C12H24. The molecule has 0 aliphatic rings. The molecular weight excluding hydrogens is 144 g/mol. The second-order valence-electron chi connectivity index (χ2n) is 4.93. The molecule has 2 atom stereocenters. The SMILES string of the molecule is CCC(C)/C=C/[C@H](C)C(C)(C)C. The van der Waals surface area contributed by atoms with Crippen LogP contribution < -0.4 is 0 Å². The summed E-state index contributed by atoms with van der Waals surface area (Å²) in [4.78, 5) is 0. The van der Waals surface area contributed by atoms with E-state index in [1.807, 2.05) is 0 Å². The molecule has 0 aromatic heterocycles. The molecule has 0 N–H and O–H groups in total. The molecule has 12 heavy (non-hydrogen) atoms. The zero-order valence-electron chi connectivity index (χ0n) is 9.52. The van der Waals surface area contributed by atoms with Gasteiger partial charge >= 0.3 is 0 Å². The maximum absolute atomic E-state index is 2.36. The van der Waals surface area contributed by atoms with Crippen LogP contribution in [0.25, 0.3) is 0 Å². The monoisotopic (exact) mass is 168 g/mol. The Balaban J connectivity index is 3.99. The van der Waals surface area contributed by atoms with Gasteiger partial charge in [-0.1, -0.05) is 60.1 Å². The molecule has 0 spiro atoms. The zero-order chi connectivity index (χ0) is 9.78. The molecule has 0 rings (SSSR count). The summed E-state index contributed by atoms with van der Waals surface area (Å²) in [5.74, 6) is 1.40. The van der Waals surface area contributed by atoms with Crippen molar-refractivity contribution < 1.29 is 0 Å². The maximum Gasteiger partial charge on any atom is -0.0213 e. The smallest absolute Gasteiger partial charge is 0.0213 e. The lowest BCUT2D eigenvalue weighted by molar-refractivity contribution is 0.313. The van der Waals surface area contributed by atoms with Crippen LogP contribution in [0.2, 0.25) is 0 Å². The van der Waals surface area contributed by atoms with Gasteiger partial charge in [-0.25, -0.2) is 0 Å². The maximum atomic E-state index is 2.36. The van der Waals surface area contributed by atoms with Crippen LogP contribution >= 0.6 is 0 Å². The molecule has 0 aromatic rings. The van der Waals surface area contributed by atoms with E-state index in [-0.39, 0.29) is 0 Å². The summed E-state index contributed by atoms with van der Waals surface area (Å²) in [6, 6.07) is 0. The minimum absolute atomic E-state index is 0.407. The summed E-state index contributed by atoms with van der Waals surface area (Å²) in [6.45, 7) is 13.7. The van der Waals surface area contributed by atoms with Gasteiger partial charge in [-0.15, -0.1) is 0 Å². The predicted molar refractivity (Wildman–Crippen MR) is 57.2 cm³/mol. The number of allylic oxidation sites excluding steroid dienone is 2. The van der Waals surface area contributed by atoms with Gasteiger partial charge in [0, 0.05) is 0 Å². The summed E-state index contributed by atoms with van der Waals surface area (Å²) in [6.07, 6.45) is 5.94. The van der Waals surface area contributed by atoms with Crippen LogP contribution in [0.15, 0.2) is 12.2 Å². The van der Waals surface area contributed by atoms with E-state index in [1.54, 1.807) is 0 Å². The highest BCUT2D eigenvalue weighted by Gasteiger charge is 2.16. The molecule has 0 aliphatic carbocycles. The average molecular weight is 168 g/mol. The second-order valence-corrected chi connectivity index (χ2v) is 4.93. The molecule has 0 nitrogen and oxygen atoms in total. The fraction of sp³-hybridized carbons (Fsp3) is 0.833. The van der Waals surface area contributed by atoms with E-state index in [1.165, 1.54) is 6.42 Å². The standard InChI is InChI=1S/C12H24/c1-7-10(2)8-9-11(3)12(4,5)6/h8-11H,7H2,1-6H3/b9-8+/t10?,11-/m0/s1. The molecule has 0 aliphatic heterocycles. The highest BCUT2D eigenvalue weighted by molar-refractivity contribution is 4.93. The van der Waals surface area contributed by atoms with Crippen molar-refractivity contribution in [1.82, 2.24) is 0 Å². The zero-order valence-corrected chi connectivity index (χ0v) is 9.52. The third-order valence-corrected chi connectivity index (χ3v) is 2.74. The van der Waals surface area contributed by atoms with Gasteiger partial charge in [-0.3, -0.25) is 0 Å². The third kappa shape index (κ3) is 4.58. The third-order valence-electron chi connectivity index (χ3n) is 2.74. The minimum atomic E-state index is 0.407. The van der Waals surface area contributed by atoms with E-state index >= 15 is 0 Å². The highest BCUT2D eigenvalue weighted by Crippen LogP contribution is 2.26. The Kier molecular flexibility index (Phi) is 4.59. The molecule has 72 valence electrons. The molecule has 0 aromatic carbocycles. The van der Waals surface area contributed by atoms with Crippen LogP contribution in [-0.4, -0.2) is 0 Å². The molecule has 0 amide bonds. The Labute approximate surface area is 78.1 Å². The summed E-state index contributed by atoms with van der Waals surface area (Å²) in [5.41, 5.74) is 0.407. The Morgan fingerprint density at radius 1 is 1.08 bits per heavy atom. The van der Waals surface area contributed by atoms with E-state index in [0.717, 1.165) is 5.92 Å². The van der Waals surface area contributed by atoms with Crippen molar-refractivity contribution >= 4 is 0 Å². The molecule has 0 saturated heterocycles. The van der Waals surface area contributed by atoms with Crippen molar-refractivity contribution in [2.75, 3.05) is 0 Å². The number of hydrogen-bond donors (Lipinski definition) is 0. The van der Waals surface area contributed by atoms with Gasteiger partial charge in [0.1, 0.15) is 0 Å². The van der Waals surface area contributed by atoms with Crippen LogP contribution in [0.5, 0.6) is 0 Å². The van der Waals surface area contributed by atoms with Crippen molar-refractivity contribution in [2.24, 2.45) is 17.3 Å². The van der Waals surface area contributed by atoms with Gasteiger partial charge in [0.25, 0.3) is 0 Å². The van der Waals surface area contributed by atoms with E-state index in [2.05, 4.69) is 53.7 Å². The van der Waals surface area contributed by atoms with Crippen molar-refractivity contribution in [3.8, 4) is 0 Å². The Bertz CT molecular complexity index is 137. The van der Waals surface area contributed by atoms with Gasteiger partial charge in [0.2, 0.25) is 0 Å². The molecule has 0 radical (unpaired) electrons. The van der Waals surface area contributed by atoms with Crippen molar-refractivity contribution in [3.63, 3.8) is 0 Å². The van der Waals surface area contributed by atoms with Gasteiger partial charge < -0.3 is 0 Å². The first-order valence-corrected chi connectivity index (χ1v) is 5.06. The van der Waals surface area contributed by atoms with E-state index in [0.29, 0.717) is 11.3 Å². The summed E-state index contributed by atoms with van der Waals surface area (Å²) in [5, 5.41) is 0. The topological polar surface area (TPSA) is 0 Å². The van der Waals surface area contributed by atoms with Crippen LogP contribution in [0.3, 0.4) is 0 Å². The van der Waals surface area contributed by atoms with E-state index in [9.17, 15) is 0 Å². The van der Waals surface area contributed by atoms with Gasteiger partial charge in [0.05, 0.1) is 0 Å². The Morgan fingerprint density at radius 2 is 1.58 bits per heavy atom. The summed E-state index contributed by atoms with van der Waals surface area (Å²) >= 11 is 0. The first-order valence-electron chi connectivity index (χ1n) is 5.06. The normalized spacial score (nSPS) is 18.2. The van der Waals surface area contributed by atoms with Crippen LogP contribution in [0.4, 0.5) is 0 Å². The second kappa shape index (κ2) is 4.69. The fourth-order valence-corrected chi connectivity index (χ4v) is 0.781. The molecule has 0 bridgehead atoms. The Hall–Kier alpha value is -0.260. The fourth-order valence-electron chi connectivity index (χ4n) is 0.781. The number of rotatable bonds is 3. The average Bonchev–Trinajstić information content (AvgIpc) is 1.97. The van der Waals surface area contributed by atoms with Gasteiger partial charge in [0.15, 0.2) is 0 Å². The van der Waals surface area contributed by atoms with Crippen LogP contribution in [0, 0.1) is 17.3 Å². The summed E-state index contributed by atoms with van der Waals surface area (Å²) < 4.78 is 0. The molecule has 1 unspecified atom stereocenters. The van der Waals surface area contributed by atoms with Crippen molar-refractivity contribution in [3.05, 3.63) is 12.2 Å². The Morgan fingerprint density at radius 3 is 1.92 bits per heavy atom. The molecule has 0 fully saturated rings. The number of hydrogen-bond acceptors (Lipinski definition) is 0. The van der Waals surface area contributed by atoms with Crippen molar-refractivity contribution in [2.45, 2.75) is 48.0 Å².